The minimum atomic E-state index is -0.727. The number of hydrogen-bond donors (Lipinski definition) is 1. The van der Waals surface area contributed by atoms with Crippen LogP contribution in [0.25, 0.3) is 0 Å². The minimum absolute atomic E-state index is 0.0927. The molecule has 1 N–H and O–H groups in total. The van der Waals surface area contributed by atoms with Crippen LogP contribution >= 0.6 is 0 Å². The van der Waals surface area contributed by atoms with Crippen LogP contribution in [0.3, 0.4) is 0 Å². The van der Waals surface area contributed by atoms with E-state index >= 15 is 0 Å². The van der Waals surface area contributed by atoms with Crippen molar-refractivity contribution in [3.63, 3.8) is 0 Å². The van der Waals surface area contributed by atoms with Crippen LogP contribution in [0.15, 0.2) is 95.3 Å². The van der Waals surface area contributed by atoms with Gasteiger partial charge in [0.25, 0.3) is 0 Å². The molecule has 7 heteroatoms. The molecule has 0 aromatic heterocycles. The zero-order valence-corrected chi connectivity index (χ0v) is 22.8. The highest BCUT2D eigenvalue weighted by Crippen LogP contribution is 2.46. The van der Waals surface area contributed by atoms with E-state index in [1.54, 1.807) is 33.3 Å². The molecule has 5 rings (SSSR count). The molecule has 0 radical (unpaired) electrons. The van der Waals surface area contributed by atoms with E-state index in [2.05, 4.69) is 5.32 Å². The highest BCUT2D eigenvalue weighted by atomic mass is 19.1. The maximum Gasteiger partial charge on any atom is 0.336 e. The lowest BCUT2D eigenvalue weighted by molar-refractivity contribution is -0.139. The first-order valence-electron chi connectivity index (χ1n) is 13.3. The molecule has 0 spiro atoms. The number of nitrogens with one attached hydrogen (secondary N) is 1. The first-order valence-corrected chi connectivity index (χ1v) is 13.3. The molecule has 0 saturated heterocycles. The number of ketones is 1. The van der Waals surface area contributed by atoms with E-state index in [9.17, 15) is 14.0 Å². The molecular weight excluding hydrogens is 509 g/mol. The van der Waals surface area contributed by atoms with Crippen molar-refractivity contribution in [2.24, 2.45) is 0 Å². The van der Waals surface area contributed by atoms with Crippen LogP contribution in [0.4, 0.5) is 4.39 Å². The number of dihydropyridines is 1. The Bertz CT molecular complexity index is 1490. The zero-order valence-electron chi connectivity index (χ0n) is 22.8. The molecule has 3 aromatic rings. The van der Waals surface area contributed by atoms with Crippen molar-refractivity contribution in [2.75, 3.05) is 20.8 Å². The van der Waals surface area contributed by atoms with E-state index in [0.717, 1.165) is 16.8 Å². The summed E-state index contributed by atoms with van der Waals surface area (Å²) in [7, 11) is 3.16. The van der Waals surface area contributed by atoms with Crippen molar-refractivity contribution < 1.29 is 28.2 Å². The molecule has 1 aliphatic heterocycles. The topological polar surface area (TPSA) is 73.9 Å². The summed E-state index contributed by atoms with van der Waals surface area (Å²) in [6, 6.07) is 21.5. The summed E-state index contributed by atoms with van der Waals surface area (Å²) in [5.41, 5.74) is 4.70. The number of carbonyl (C=O) groups is 2. The van der Waals surface area contributed by atoms with Crippen LogP contribution in [0, 0.1) is 5.82 Å². The van der Waals surface area contributed by atoms with Gasteiger partial charge in [0.05, 0.1) is 26.4 Å². The summed E-state index contributed by atoms with van der Waals surface area (Å²) < 4.78 is 30.9. The van der Waals surface area contributed by atoms with Gasteiger partial charge in [-0.25, -0.2) is 9.18 Å². The first kappa shape index (κ1) is 27.2. The van der Waals surface area contributed by atoms with Crippen LogP contribution < -0.4 is 14.8 Å². The van der Waals surface area contributed by atoms with Crippen molar-refractivity contribution in [3.05, 3.63) is 118 Å². The van der Waals surface area contributed by atoms with Crippen molar-refractivity contribution in [1.82, 2.24) is 5.32 Å². The molecular formula is C33H32FNO5. The molecule has 1 aliphatic carbocycles. The van der Waals surface area contributed by atoms with Gasteiger partial charge in [-0.05, 0) is 60.2 Å². The van der Waals surface area contributed by atoms with E-state index in [0.29, 0.717) is 46.7 Å². The van der Waals surface area contributed by atoms with Gasteiger partial charge in [0.1, 0.15) is 5.82 Å². The number of Topliss-reactive ketones (excluding diaryl/α,β-unsaturated/α-hetero) is 1. The molecule has 3 aromatic carbocycles. The van der Waals surface area contributed by atoms with E-state index in [1.165, 1.54) is 12.1 Å². The van der Waals surface area contributed by atoms with Crippen LogP contribution in [-0.2, 0) is 20.7 Å². The number of rotatable bonds is 8. The van der Waals surface area contributed by atoms with Gasteiger partial charge in [-0.15, -0.1) is 0 Å². The van der Waals surface area contributed by atoms with Crippen LogP contribution in [0.1, 0.15) is 48.3 Å². The lowest BCUT2D eigenvalue weighted by Gasteiger charge is -2.36. The number of esters is 1. The summed E-state index contributed by atoms with van der Waals surface area (Å²) in [4.78, 5) is 27.3. The van der Waals surface area contributed by atoms with E-state index in [-0.39, 0.29) is 24.7 Å². The fourth-order valence-electron chi connectivity index (χ4n) is 5.66. The second kappa shape index (κ2) is 11.8. The molecule has 0 saturated carbocycles. The van der Waals surface area contributed by atoms with Gasteiger partial charge in [-0.1, -0.05) is 48.5 Å². The molecule has 40 heavy (non-hydrogen) atoms. The first-order chi connectivity index (χ1) is 19.4. The van der Waals surface area contributed by atoms with E-state index < -0.39 is 17.7 Å². The summed E-state index contributed by atoms with van der Waals surface area (Å²) in [6.45, 7) is 1.99. The van der Waals surface area contributed by atoms with E-state index in [4.69, 9.17) is 14.2 Å². The summed E-state index contributed by atoms with van der Waals surface area (Å²) in [5, 5.41) is 3.34. The Kier molecular flexibility index (Phi) is 8.01. The van der Waals surface area contributed by atoms with Gasteiger partial charge in [0.15, 0.2) is 17.3 Å². The monoisotopic (exact) mass is 541 g/mol. The van der Waals surface area contributed by atoms with Gasteiger partial charge in [-0.2, -0.15) is 0 Å². The lowest BCUT2D eigenvalue weighted by Crippen LogP contribution is -2.36. The average molecular weight is 542 g/mol. The Labute approximate surface area is 233 Å². The third kappa shape index (κ3) is 5.50. The third-order valence-corrected chi connectivity index (χ3v) is 7.58. The Balaban J connectivity index is 1.46. The largest absolute Gasteiger partial charge is 0.493 e. The molecule has 0 bridgehead atoms. The Morgan fingerprint density at radius 3 is 2.42 bits per heavy atom. The van der Waals surface area contributed by atoms with Gasteiger partial charge in [-0.3, -0.25) is 4.79 Å². The normalized spacial score (nSPS) is 18.6. The van der Waals surface area contributed by atoms with E-state index in [1.807, 2.05) is 48.5 Å². The van der Waals surface area contributed by atoms with Gasteiger partial charge in [0, 0.05) is 35.7 Å². The Hall–Kier alpha value is -4.39. The Morgan fingerprint density at radius 1 is 0.925 bits per heavy atom. The highest BCUT2D eigenvalue weighted by Gasteiger charge is 2.41. The molecule has 2 aliphatic rings. The number of benzene rings is 3. The smallest absolute Gasteiger partial charge is 0.336 e. The van der Waals surface area contributed by atoms with Crippen LogP contribution in [0.5, 0.6) is 11.5 Å². The quantitative estimate of drug-likeness (QED) is 0.353. The van der Waals surface area contributed by atoms with Crippen molar-refractivity contribution >= 4 is 11.8 Å². The summed E-state index contributed by atoms with van der Waals surface area (Å²) in [5.74, 6) is -0.656. The molecule has 1 heterocycles. The zero-order chi connectivity index (χ0) is 28.2. The summed E-state index contributed by atoms with van der Waals surface area (Å²) >= 11 is 0. The number of ether oxygens (including phenoxy) is 3. The van der Waals surface area contributed by atoms with Gasteiger partial charge < -0.3 is 19.5 Å². The molecule has 6 nitrogen and oxygen atoms in total. The molecule has 0 unspecified atom stereocenters. The third-order valence-electron chi connectivity index (χ3n) is 7.58. The molecule has 0 amide bonds. The predicted octanol–water partition coefficient (Wildman–Crippen LogP) is 5.99. The molecule has 2 atom stereocenters. The maximum atomic E-state index is 14.4. The number of hydrogen-bond acceptors (Lipinski definition) is 6. The minimum Gasteiger partial charge on any atom is -0.493 e. The highest BCUT2D eigenvalue weighted by molar-refractivity contribution is 6.04. The second-order valence-electron chi connectivity index (χ2n) is 10.1. The average Bonchev–Trinajstić information content (AvgIpc) is 2.96. The lowest BCUT2D eigenvalue weighted by atomic mass is 9.71. The van der Waals surface area contributed by atoms with Gasteiger partial charge in [0.2, 0.25) is 0 Å². The fourth-order valence-corrected chi connectivity index (χ4v) is 5.66. The SMILES string of the molecule is COc1ccc([C@@H]2CC(=O)C3=C(C2)NC(C)=C(C(=O)OCCc2ccccc2)[C@H]3c2cccc(F)c2)cc1OC. The number of halogens is 1. The van der Waals surface area contributed by atoms with Crippen LogP contribution in [0.2, 0.25) is 0 Å². The number of carbonyl (C=O) groups excluding carboxylic acids is 2. The van der Waals surface area contributed by atoms with Crippen LogP contribution in [-0.4, -0.2) is 32.6 Å². The van der Waals surface area contributed by atoms with Crippen molar-refractivity contribution in [3.8, 4) is 11.5 Å². The number of allylic oxidation sites excluding steroid dienone is 3. The second-order valence-corrected chi connectivity index (χ2v) is 10.1. The van der Waals surface area contributed by atoms with Gasteiger partial charge >= 0.3 is 5.97 Å². The summed E-state index contributed by atoms with van der Waals surface area (Å²) in [6.07, 6.45) is 1.37. The predicted molar refractivity (Wildman–Crippen MR) is 150 cm³/mol. The molecule has 0 fully saturated rings. The van der Waals surface area contributed by atoms with Crippen molar-refractivity contribution in [1.29, 1.82) is 0 Å². The van der Waals surface area contributed by atoms with Crippen molar-refractivity contribution in [2.45, 2.75) is 38.0 Å². The fraction of sp³-hybridized carbons (Fsp3) is 0.273. The number of methoxy groups -OCH3 is 2. The maximum absolute atomic E-state index is 14.4. The standard InChI is InChI=1S/C33H32FNO5/c1-20-30(33(37)40-15-14-21-8-5-4-6-9-21)31(23-10-7-11-25(34)16-23)32-26(35-20)17-24(18-27(32)36)22-12-13-28(38-2)29(19-22)39-3/h4-13,16,19,24,31,35H,14-15,17-18H2,1-3H3/t24-,31+/m0/s1. The molecule has 206 valence electrons. The Morgan fingerprint density at radius 2 is 1.70 bits per heavy atom.